The van der Waals surface area contributed by atoms with Crippen LogP contribution in [0.2, 0.25) is 0 Å². The summed E-state index contributed by atoms with van der Waals surface area (Å²) >= 11 is 1.42. The van der Waals surface area contributed by atoms with Crippen molar-refractivity contribution >= 4 is 39.1 Å². The highest BCUT2D eigenvalue weighted by molar-refractivity contribution is 7.91. The minimum atomic E-state index is -3.12. The third-order valence-corrected chi connectivity index (χ3v) is 6.83. The Morgan fingerprint density at radius 3 is 2.54 bits per heavy atom. The Labute approximate surface area is 167 Å². The number of nitrogens with one attached hydrogen (secondary N) is 2. The highest BCUT2D eigenvalue weighted by Gasteiger charge is 2.30. The maximum absolute atomic E-state index is 12.7. The van der Waals surface area contributed by atoms with Gasteiger partial charge in [0.15, 0.2) is 9.84 Å². The third kappa shape index (κ3) is 5.20. The standard InChI is InChI=1S/C19H20N2O5S2/c1-26-15-6-4-13(5-7-15)18(22)21-17(11-16-3-2-9-27-16)19(23)20-14-8-10-28(24,25)12-14/h2-7,9,11,14H,8,10,12H2,1H3,(H,20,23)(H,21,22)/b17-11-/t14-/m1/s1. The molecule has 0 spiro atoms. The van der Waals surface area contributed by atoms with Gasteiger partial charge in [0.2, 0.25) is 0 Å². The Morgan fingerprint density at radius 2 is 1.96 bits per heavy atom. The molecule has 0 saturated carbocycles. The predicted octanol–water partition coefficient (Wildman–Crippen LogP) is 1.83. The van der Waals surface area contributed by atoms with Gasteiger partial charge in [-0.25, -0.2) is 8.42 Å². The van der Waals surface area contributed by atoms with Gasteiger partial charge in [0.1, 0.15) is 11.4 Å². The molecule has 0 unspecified atom stereocenters. The summed E-state index contributed by atoms with van der Waals surface area (Å²) in [6.07, 6.45) is 1.94. The van der Waals surface area contributed by atoms with Gasteiger partial charge in [-0.05, 0) is 48.2 Å². The number of amides is 2. The van der Waals surface area contributed by atoms with E-state index in [0.29, 0.717) is 17.7 Å². The van der Waals surface area contributed by atoms with Crippen molar-refractivity contribution in [3.05, 3.63) is 57.9 Å². The topological polar surface area (TPSA) is 102 Å². The zero-order valence-electron chi connectivity index (χ0n) is 15.2. The van der Waals surface area contributed by atoms with Gasteiger partial charge in [-0.1, -0.05) is 6.07 Å². The van der Waals surface area contributed by atoms with Crippen molar-refractivity contribution in [1.29, 1.82) is 0 Å². The molecule has 1 fully saturated rings. The number of carbonyl (C=O) groups excluding carboxylic acids is 2. The first-order valence-corrected chi connectivity index (χ1v) is 11.3. The van der Waals surface area contributed by atoms with Crippen LogP contribution in [0.1, 0.15) is 21.7 Å². The summed E-state index contributed by atoms with van der Waals surface area (Å²) in [5, 5.41) is 7.19. The maximum atomic E-state index is 12.7. The zero-order chi connectivity index (χ0) is 20.1. The predicted molar refractivity (Wildman–Crippen MR) is 108 cm³/mol. The fraction of sp³-hybridized carbons (Fsp3) is 0.263. The minimum absolute atomic E-state index is 0.0557. The summed E-state index contributed by atoms with van der Waals surface area (Å²) in [6, 6.07) is 9.69. The molecule has 1 saturated heterocycles. The summed E-state index contributed by atoms with van der Waals surface area (Å²) in [6.45, 7) is 0. The van der Waals surface area contributed by atoms with E-state index in [0.717, 1.165) is 4.88 Å². The van der Waals surface area contributed by atoms with E-state index in [1.165, 1.54) is 18.4 Å². The first-order chi connectivity index (χ1) is 13.4. The molecule has 1 aromatic carbocycles. The minimum Gasteiger partial charge on any atom is -0.497 e. The molecule has 2 amide bonds. The van der Waals surface area contributed by atoms with Crippen LogP contribution in [0.4, 0.5) is 0 Å². The fourth-order valence-electron chi connectivity index (χ4n) is 2.78. The summed E-state index contributed by atoms with van der Waals surface area (Å²) in [4.78, 5) is 26.1. The normalized spacial score (nSPS) is 18.5. The van der Waals surface area contributed by atoms with Crippen LogP contribution in [-0.4, -0.2) is 44.9 Å². The van der Waals surface area contributed by atoms with E-state index in [1.807, 2.05) is 17.5 Å². The lowest BCUT2D eigenvalue weighted by Crippen LogP contribution is -2.41. The van der Waals surface area contributed by atoms with Gasteiger partial charge in [0.25, 0.3) is 11.8 Å². The molecule has 2 aromatic rings. The SMILES string of the molecule is COc1ccc(C(=O)N/C(=C\c2cccs2)C(=O)N[C@@H]2CCS(=O)(=O)C2)cc1. The van der Waals surface area contributed by atoms with Crippen LogP contribution in [0.25, 0.3) is 6.08 Å². The zero-order valence-corrected chi connectivity index (χ0v) is 16.8. The van der Waals surface area contributed by atoms with E-state index in [-0.39, 0.29) is 17.2 Å². The van der Waals surface area contributed by atoms with E-state index in [9.17, 15) is 18.0 Å². The first-order valence-electron chi connectivity index (χ1n) is 8.58. The molecular formula is C19H20N2O5S2. The number of sulfone groups is 1. The van der Waals surface area contributed by atoms with E-state index in [4.69, 9.17) is 4.74 Å². The quantitative estimate of drug-likeness (QED) is 0.695. The lowest BCUT2D eigenvalue weighted by molar-refractivity contribution is -0.118. The smallest absolute Gasteiger partial charge is 0.268 e. The van der Waals surface area contributed by atoms with Crippen LogP contribution in [0, 0.1) is 0 Å². The molecule has 0 radical (unpaired) electrons. The number of rotatable bonds is 6. The van der Waals surface area contributed by atoms with Crippen molar-refractivity contribution < 1.29 is 22.7 Å². The molecule has 0 aliphatic carbocycles. The van der Waals surface area contributed by atoms with Crippen molar-refractivity contribution in [3.63, 3.8) is 0 Å². The van der Waals surface area contributed by atoms with Gasteiger partial charge in [-0.3, -0.25) is 9.59 Å². The van der Waals surface area contributed by atoms with Gasteiger partial charge in [-0.15, -0.1) is 11.3 Å². The second kappa shape index (κ2) is 8.57. The summed E-state index contributed by atoms with van der Waals surface area (Å²) in [5.74, 6) is -0.375. The molecule has 28 heavy (non-hydrogen) atoms. The number of thiophene rings is 1. The Kier molecular flexibility index (Phi) is 6.15. The third-order valence-electron chi connectivity index (χ3n) is 4.24. The molecule has 2 N–H and O–H groups in total. The monoisotopic (exact) mass is 420 g/mol. The Bertz CT molecular complexity index is 980. The first kappa shape index (κ1) is 20.1. The molecule has 2 heterocycles. The number of methoxy groups -OCH3 is 1. The van der Waals surface area contributed by atoms with E-state index >= 15 is 0 Å². The number of hydrogen-bond acceptors (Lipinski definition) is 6. The Balaban J connectivity index is 1.77. The van der Waals surface area contributed by atoms with Crippen molar-refractivity contribution in [2.24, 2.45) is 0 Å². The molecule has 1 aliphatic rings. The van der Waals surface area contributed by atoms with Crippen molar-refractivity contribution in [2.45, 2.75) is 12.5 Å². The lowest BCUT2D eigenvalue weighted by Gasteiger charge is -2.14. The van der Waals surface area contributed by atoms with Crippen LogP contribution in [0.5, 0.6) is 5.75 Å². The van der Waals surface area contributed by atoms with Gasteiger partial charge in [0, 0.05) is 16.5 Å². The van der Waals surface area contributed by atoms with Crippen molar-refractivity contribution in [3.8, 4) is 5.75 Å². The Morgan fingerprint density at radius 1 is 1.21 bits per heavy atom. The molecule has 1 aromatic heterocycles. The Hall–Kier alpha value is -2.65. The van der Waals surface area contributed by atoms with Gasteiger partial charge in [0.05, 0.1) is 18.6 Å². The van der Waals surface area contributed by atoms with Crippen LogP contribution in [0.15, 0.2) is 47.5 Å². The van der Waals surface area contributed by atoms with Gasteiger partial charge in [-0.2, -0.15) is 0 Å². The molecular weight excluding hydrogens is 400 g/mol. The summed E-state index contributed by atoms with van der Waals surface area (Å²) in [5.41, 5.74) is 0.432. The molecule has 9 heteroatoms. The van der Waals surface area contributed by atoms with Crippen LogP contribution >= 0.6 is 11.3 Å². The van der Waals surface area contributed by atoms with E-state index < -0.39 is 27.7 Å². The van der Waals surface area contributed by atoms with Crippen molar-refractivity contribution in [2.75, 3.05) is 18.6 Å². The average molecular weight is 421 g/mol. The molecule has 148 valence electrons. The second-order valence-electron chi connectivity index (χ2n) is 6.33. The largest absolute Gasteiger partial charge is 0.497 e. The average Bonchev–Trinajstić information content (AvgIpc) is 3.30. The molecule has 1 atom stereocenters. The highest BCUT2D eigenvalue weighted by Crippen LogP contribution is 2.16. The lowest BCUT2D eigenvalue weighted by atomic mass is 10.2. The second-order valence-corrected chi connectivity index (χ2v) is 9.54. The van der Waals surface area contributed by atoms with E-state index in [2.05, 4.69) is 10.6 Å². The number of benzene rings is 1. The number of hydrogen-bond donors (Lipinski definition) is 2. The van der Waals surface area contributed by atoms with Crippen molar-refractivity contribution in [1.82, 2.24) is 10.6 Å². The summed E-state index contributed by atoms with van der Waals surface area (Å²) < 4.78 is 28.3. The molecule has 7 nitrogen and oxygen atoms in total. The summed E-state index contributed by atoms with van der Waals surface area (Å²) in [7, 11) is -1.59. The van der Waals surface area contributed by atoms with E-state index in [1.54, 1.807) is 30.3 Å². The van der Waals surface area contributed by atoms with Gasteiger partial charge < -0.3 is 15.4 Å². The highest BCUT2D eigenvalue weighted by atomic mass is 32.2. The van der Waals surface area contributed by atoms with Gasteiger partial charge >= 0.3 is 0 Å². The number of ether oxygens (including phenoxy) is 1. The van der Waals surface area contributed by atoms with Crippen LogP contribution < -0.4 is 15.4 Å². The molecule has 1 aliphatic heterocycles. The fourth-order valence-corrected chi connectivity index (χ4v) is 5.11. The van der Waals surface area contributed by atoms with Crippen LogP contribution in [-0.2, 0) is 14.6 Å². The maximum Gasteiger partial charge on any atom is 0.268 e. The molecule has 0 bridgehead atoms. The number of carbonyl (C=O) groups is 2. The molecule has 3 rings (SSSR count). The van der Waals surface area contributed by atoms with Crippen LogP contribution in [0.3, 0.4) is 0 Å².